The number of carbonyl (C=O) groups excluding carboxylic acids is 1. The highest BCUT2D eigenvalue weighted by molar-refractivity contribution is 6.07. The summed E-state index contributed by atoms with van der Waals surface area (Å²) in [7, 11) is 0. The zero-order chi connectivity index (χ0) is 16.4. The Kier molecular flexibility index (Phi) is 3.72. The van der Waals surface area contributed by atoms with E-state index in [1.54, 1.807) is 12.1 Å². The molecule has 116 valence electrons. The van der Waals surface area contributed by atoms with Crippen molar-refractivity contribution >= 4 is 27.5 Å². The van der Waals surface area contributed by atoms with Gasteiger partial charge in [-0.25, -0.2) is 4.79 Å². The number of ether oxygens (including phenoxy) is 1. The first kappa shape index (κ1) is 14.5. The molecule has 0 atom stereocenters. The predicted molar refractivity (Wildman–Crippen MR) is 97.0 cm³/mol. The molecule has 0 bridgehead atoms. The topological polar surface area (TPSA) is 26.3 Å². The molecule has 0 amide bonds. The van der Waals surface area contributed by atoms with Gasteiger partial charge in [0, 0.05) is 0 Å². The molecule has 0 aromatic heterocycles. The third-order valence-corrected chi connectivity index (χ3v) is 4.19. The Labute approximate surface area is 140 Å². The van der Waals surface area contributed by atoms with Crippen LogP contribution in [0.2, 0.25) is 0 Å². The molecule has 0 aliphatic heterocycles. The first-order valence-electron chi connectivity index (χ1n) is 7.94. The van der Waals surface area contributed by atoms with Gasteiger partial charge in [0.15, 0.2) is 0 Å². The summed E-state index contributed by atoms with van der Waals surface area (Å²) in [6.45, 7) is 0.274. The van der Waals surface area contributed by atoms with Crippen LogP contribution in [0.15, 0.2) is 84.9 Å². The van der Waals surface area contributed by atoms with Gasteiger partial charge in [0.1, 0.15) is 6.61 Å². The minimum absolute atomic E-state index is 0.274. The lowest BCUT2D eigenvalue weighted by molar-refractivity contribution is 0.0473. The molecule has 2 nitrogen and oxygen atoms in total. The van der Waals surface area contributed by atoms with Crippen LogP contribution in [0.3, 0.4) is 0 Å². The lowest BCUT2D eigenvalue weighted by Crippen LogP contribution is -2.04. The molecule has 0 aliphatic rings. The first-order chi connectivity index (χ1) is 11.8. The standard InChI is InChI=1S/C22H16O2/c23-22(18-7-2-1-3-8-18)24-15-16-10-13-21-19(14-16)12-11-17-6-4-5-9-20(17)21/h1-14H,15H2. The number of hydrogen-bond acceptors (Lipinski definition) is 2. The Bertz CT molecular complexity index is 1020. The molecule has 0 heterocycles. The molecule has 0 spiro atoms. The average Bonchev–Trinajstić information content (AvgIpc) is 2.66. The normalized spacial score (nSPS) is 10.8. The number of benzene rings is 4. The quantitative estimate of drug-likeness (QED) is 0.376. The molecular weight excluding hydrogens is 296 g/mol. The molecule has 0 fully saturated rings. The molecule has 0 radical (unpaired) electrons. The molecule has 2 heteroatoms. The monoisotopic (exact) mass is 312 g/mol. The van der Waals surface area contributed by atoms with Gasteiger partial charge in [-0.05, 0) is 45.3 Å². The van der Waals surface area contributed by atoms with E-state index < -0.39 is 0 Å². The molecule has 4 rings (SSSR count). The number of rotatable bonds is 3. The highest BCUT2D eigenvalue weighted by Gasteiger charge is 2.07. The van der Waals surface area contributed by atoms with Gasteiger partial charge in [-0.2, -0.15) is 0 Å². The van der Waals surface area contributed by atoms with Gasteiger partial charge in [0.2, 0.25) is 0 Å². The molecule has 4 aromatic carbocycles. The minimum atomic E-state index is -0.297. The van der Waals surface area contributed by atoms with Crippen molar-refractivity contribution in [2.24, 2.45) is 0 Å². The second-order valence-corrected chi connectivity index (χ2v) is 5.78. The molecule has 0 saturated carbocycles. The Balaban J connectivity index is 1.59. The van der Waals surface area contributed by atoms with E-state index in [4.69, 9.17) is 4.74 Å². The molecule has 0 saturated heterocycles. The lowest BCUT2D eigenvalue weighted by atomic mass is 10.0. The van der Waals surface area contributed by atoms with Crippen molar-refractivity contribution in [2.45, 2.75) is 6.61 Å². The minimum Gasteiger partial charge on any atom is -0.457 e. The third-order valence-electron chi connectivity index (χ3n) is 4.19. The van der Waals surface area contributed by atoms with E-state index in [1.807, 2.05) is 30.3 Å². The van der Waals surface area contributed by atoms with Crippen LogP contribution < -0.4 is 0 Å². The van der Waals surface area contributed by atoms with Crippen LogP contribution in [-0.2, 0) is 11.3 Å². The van der Waals surface area contributed by atoms with Crippen molar-refractivity contribution in [3.63, 3.8) is 0 Å². The number of carbonyl (C=O) groups is 1. The Morgan fingerprint density at radius 3 is 2.29 bits per heavy atom. The smallest absolute Gasteiger partial charge is 0.338 e. The third kappa shape index (κ3) is 2.74. The molecule has 0 N–H and O–H groups in total. The SMILES string of the molecule is O=C(OCc1ccc2c(ccc3ccccc32)c1)c1ccccc1. The fourth-order valence-electron chi connectivity index (χ4n) is 2.96. The van der Waals surface area contributed by atoms with E-state index in [9.17, 15) is 4.79 Å². The number of fused-ring (bicyclic) bond motifs is 3. The van der Waals surface area contributed by atoms with Crippen molar-refractivity contribution < 1.29 is 9.53 Å². The van der Waals surface area contributed by atoms with Crippen LogP contribution in [0.4, 0.5) is 0 Å². The summed E-state index contributed by atoms with van der Waals surface area (Å²) in [6.07, 6.45) is 0. The van der Waals surface area contributed by atoms with Crippen LogP contribution in [0.25, 0.3) is 21.5 Å². The van der Waals surface area contributed by atoms with Gasteiger partial charge < -0.3 is 4.74 Å². The molecule has 0 aliphatic carbocycles. The second-order valence-electron chi connectivity index (χ2n) is 5.78. The van der Waals surface area contributed by atoms with Gasteiger partial charge in [0.25, 0.3) is 0 Å². The first-order valence-corrected chi connectivity index (χ1v) is 7.94. The van der Waals surface area contributed by atoms with Crippen molar-refractivity contribution in [1.29, 1.82) is 0 Å². The highest BCUT2D eigenvalue weighted by atomic mass is 16.5. The van der Waals surface area contributed by atoms with Crippen molar-refractivity contribution in [1.82, 2.24) is 0 Å². The van der Waals surface area contributed by atoms with E-state index in [0.717, 1.165) is 10.9 Å². The predicted octanol–water partition coefficient (Wildman–Crippen LogP) is 5.35. The summed E-state index contributed by atoms with van der Waals surface area (Å²) >= 11 is 0. The molecular formula is C22H16O2. The fraction of sp³-hybridized carbons (Fsp3) is 0.0455. The van der Waals surface area contributed by atoms with Crippen LogP contribution in [0.5, 0.6) is 0 Å². The summed E-state index contributed by atoms with van der Waals surface area (Å²) in [5.74, 6) is -0.297. The van der Waals surface area contributed by atoms with E-state index in [1.165, 1.54) is 16.2 Å². The Hall–Kier alpha value is -3.13. The highest BCUT2D eigenvalue weighted by Crippen LogP contribution is 2.26. The zero-order valence-electron chi connectivity index (χ0n) is 13.1. The van der Waals surface area contributed by atoms with Gasteiger partial charge >= 0.3 is 5.97 Å². The molecule has 4 aromatic rings. The maximum Gasteiger partial charge on any atom is 0.338 e. The summed E-state index contributed by atoms with van der Waals surface area (Å²) in [4.78, 5) is 12.0. The van der Waals surface area contributed by atoms with Crippen LogP contribution in [-0.4, -0.2) is 5.97 Å². The summed E-state index contributed by atoms with van der Waals surface area (Å²) in [6, 6.07) is 27.8. The van der Waals surface area contributed by atoms with E-state index in [-0.39, 0.29) is 12.6 Å². The van der Waals surface area contributed by atoms with Gasteiger partial charge in [-0.15, -0.1) is 0 Å². The van der Waals surface area contributed by atoms with Gasteiger partial charge in [0.05, 0.1) is 5.56 Å². The van der Waals surface area contributed by atoms with E-state index in [0.29, 0.717) is 5.56 Å². The average molecular weight is 312 g/mol. The zero-order valence-corrected chi connectivity index (χ0v) is 13.1. The number of hydrogen-bond donors (Lipinski definition) is 0. The van der Waals surface area contributed by atoms with Crippen LogP contribution >= 0.6 is 0 Å². The lowest BCUT2D eigenvalue weighted by Gasteiger charge is -2.08. The van der Waals surface area contributed by atoms with E-state index in [2.05, 4.69) is 42.5 Å². The van der Waals surface area contributed by atoms with E-state index >= 15 is 0 Å². The van der Waals surface area contributed by atoms with Gasteiger partial charge in [-0.1, -0.05) is 66.7 Å². The van der Waals surface area contributed by atoms with Crippen LogP contribution in [0.1, 0.15) is 15.9 Å². The second kappa shape index (κ2) is 6.17. The van der Waals surface area contributed by atoms with Crippen LogP contribution in [0, 0.1) is 0 Å². The van der Waals surface area contributed by atoms with Crippen molar-refractivity contribution in [3.8, 4) is 0 Å². The molecule has 0 unspecified atom stereocenters. The number of esters is 1. The summed E-state index contributed by atoms with van der Waals surface area (Å²) < 4.78 is 5.41. The summed E-state index contributed by atoms with van der Waals surface area (Å²) in [5, 5.41) is 4.84. The summed E-state index contributed by atoms with van der Waals surface area (Å²) in [5.41, 5.74) is 1.56. The Morgan fingerprint density at radius 1 is 0.708 bits per heavy atom. The largest absolute Gasteiger partial charge is 0.457 e. The fourth-order valence-corrected chi connectivity index (χ4v) is 2.96. The molecule has 24 heavy (non-hydrogen) atoms. The maximum absolute atomic E-state index is 12.0. The maximum atomic E-state index is 12.0. The van der Waals surface area contributed by atoms with Crippen molar-refractivity contribution in [2.75, 3.05) is 0 Å². The Morgan fingerprint density at radius 2 is 1.42 bits per heavy atom. The van der Waals surface area contributed by atoms with Gasteiger partial charge in [-0.3, -0.25) is 0 Å². The van der Waals surface area contributed by atoms with Crippen molar-refractivity contribution in [3.05, 3.63) is 96.1 Å².